The molecule has 0 saturated heterocycles. The molecule has 0 saturated carbocycles. The van der Waals surface area contributed by atoms with E-state index in [-0.39, 0.29) is 5.82 Å². The molecular weight excluding hydrogens is 435 g/mol. The standard InChI is InChI=1S/C27H18ClFN4/c28-20-8-10-25-18(14-20)11-13-33(25)27-22-9-7-17(21-5-1-2-6-23(21)29)15-24(22)31-26(32-27)19-4-3-12-30-16-19/h1-10,12,14-16H,11,13H2. The topological polar surface area (TPSA) is 41.9 Å². The lowest BCUT2D eigenvalue weighted by atomic mass is 10.0. The van der Waals surface area contributed by atoms with Gasteiger partial charge in [0, 0.05) is 46.2 Å². The summed E-state index contributed by atoms with van der Waals surface area (Å²) in [5.41, 5.74) is 5.18. The summed E-state index contributed by atoms with van der Waals surface area (Å²) < 4.78 is 14.5. The SMILES string of the molecule is Fc1ccccc1-c1ccc2c(N3CCc4cc(Cl)ccc43)nc(-c3cccnc3)nc2c1. The van der Waals surface area contributed by atoms with Gasteiger partial charge in [-0.25, -0.2) is 14.4 Å². The summed E-state index contributed by atoms with van der Waals surface area (Å²) in [6.07, 6.45) is 4.36. The summed E-state index contributed by atoms with van der Waals surface area (Å²) in [5.74, 6) is 1.14. The van der Waals surface area contributed by atoms with Crippen LogP contribution < -0.4 is 4.90 Å². The maximum absolute atomic E-state index is 14.5. The second-order valence-corrected chi connectivity index (χ2v) is 8.44. The van der Waals surface area contributed by atoms with Crippen LogP contribution in [0, 0.1) is 5.82 Å². The maximum atomic E-state index is 14.5. The molecule has 4 nitrogen and oxygen atoms in total. The first-order valence-corrected chi connectivity index (χ1v) is 11.1. The normalized spacial score (nSPS) is 12.8. The zero-order chi connectivity index (χ0) is 22.4. The van der Waals surface area contributed by atoms with Gasteiger partial charge in [0.05, 0.1) is 5.52 Å². The van der Waals surface area contributed by atoms with E-state index < -0.39 is 0 Å². The number of anilines is 2. The monoisotopic (exact) mass is 452 g/mol. The molecule has 1 aliphatic rings. The zero-order valence-electron chi connectivity index (χ0n) is 17.5. The summed E-state index contributed by atoms with van der Waals surface area (Å²) >= 11 is 6.22. The Labute approximate surface area is 195 Å². The summed E-state index contributed by atoms with van der Waals surface area (Å²) in [6, 6.07) is 22.4. The smallest absolute Gasteiger partial charge is 0.163 e. The first kappa shape index (κ1) is 19.8. The van der Waals surface area contributed by atoms with Crippen molar-refractivity contribution in [3.05, 3.63) is 102 Å². The average molecular weight is 453 g/mol. The fourth-order valence-electron chi connectivity index (χ4n) is 4.40. The van der Waals surface area contributed by atoms with Gasteiger partial charge in [-0.3, -0.25) is 4.98 Å². The molecular formula is C27H18ClFN4. The van der Waals surface area contributed by atoms with E-state index in [9.17, 15) is 4.39 Å². The van der Waals surface area contributed by atoms with Crippen molar-refractivity contribution in [2.24, 2.45) is 0 Å². The molecule has 0 radical (unpaired) electrons. The molecule has 0 atom stereocenters. The first-order chi connectivity index (χ1) is 16.2. The van der Waals surface area contributed by atoms with Crippen LogP contribution >= 0.6 is 11.6 Å². The lowest BCUT2D eigenvalue weighted by Gasteiger charge is -2.21. The molecule has 2 aromatic heterocycles. The Morgan fingerprint density at radius 2 is 1.79 bits per heavy atom. The van der Waals surface area contributed by atoms with Gasteiger partial charge >= 0.3 is 0 Å². The second-order valence-electron chi connectivity index (χ2n) is 8.00. The van der Waals surface area contributed by atoms with Gasteiger partial charge in [-0.1, -0.05) is 35.9 Å². The fraction of sp³-hybridized carbons (Fsp3) is 0.0741. The largest absolute Gasteiger partial charge is 0.325 e. The Morgan fingerprint density at radius 3 is 2.64 bits per heavy atom. The number of benzene rings is 3. The molecule has 0 spiro atoms. The molecule has 3 heterocycles. The van der Waals surface area contributed by atoms with Crippen molar-refractivity contribution in [3.63, 3.8) is 0 Å². The van der Waals surface area contributed by atoms with Gasteiger partial charge in [0.15, 0.2) is 5.82 Å². The Balaban J connectivity index is 1.58. The van der Waals surface area contributed by atoms with Crippen molar-refractivity contribution < 1.29 is 4.39 Å². The van der Waals surface area contributed by atoms with E-state index in [0.717, 1.165) is 51.5 Å². The molecule has 0 N–H and O–H groups in total. The summed E-state index contributed by atoms with van der Waals surface area (Å²) in [6.45, 7) is 0.795. The highest BCUT2D eigenvalue weighted by atomic mass is 35.5. The van der Waals surface area contributed by atoms with Crippen LogP contribution in [0.15, 0.2) is 85.2 Å². The van der Waals surface area contributed by atoms with Crippen LogP contribution in [-0.2, 0) is 6.42 Å². The number of aromatic nitrogens is 3. The third kappa shape index (κ3) is 3.51. The van der Waals surface area contributed by atoms with Crippen molar-refractivity contribution in [2.45, 2.75) is 6.42 Å². The predicted octanol–water partition coefficient (Wildman–Crippen LogP) is 6.85. The molecule has 1 aliphatic heterocycles. The number of hydrogen-bond acceptors (Lipinski definition) is 4. The minimum absolute atomic E-state index is 0.260. The quantitative estimate of drug-likeness (QED) is 0.300. The Kier molecular flexibility index (Phi) is 4.77. The second kappa shape index (κ2) is 7.94. The summed E-state index contributed by atoms with van der Waals surface area (Å²) in [5, 5.41) is 1.64. The van der Waals surface area contributed by atoms with E-state index in [2.05, 4.69) is 9.88 Å². The molecule has 160 valence electrons. The van der Waals surface area contributed by atoms with Crippen LogP contribution in [0.25, 0.3) is 33.4 Å². The lowest BCUT2D eigenvalue weighted by Crippen LogP contribution is -2.16. The number of fused-ring (bicyclic) bond motifs is 2. The van der Waals surface area contributed by atoms with Crippen LogP contribution in [0.3, 0.4) is 0 Å². The van der Waals surface area contributed by atoms with Gasteiger partial charge < -0.3 is 4.90 Å². The van der Waals surface area contributed by atoms with Crippen molar-refractivity contribution >= 4 is 34.0 Å². The van der Waals surface area contributed by atoms with Gasteiger partial charge in [0.25, 0.3) is 0 Å². The Morgan fingerprint density at radius 1 is 0.879 bits per heavy atom. The molecule has 0 amide bonds. The van der Waals surface area contributed by atoms with Crippen molar-refractivity contribution in [1.29, 1.82) is 0 Å². The highest BCUT2D eigenvalue weighted by Gasteiger charge is 2.25. The van der Waals surface area contributed by atoms with E-state index in [4.69, 9.17) is 21.6 Å². The molecule has 3 aromatic carbocycles. The van der Waals surface area contributed by atoms with Crippen LogP contribution in [-0.4, -0.2) is 21.5 Å². The van der Waals surface area contributed by atoms with E-state index in [1.165, 1.54) is 11.6 Å². The molecule has 6 heteroatoms. The van der Waals surface area contributed by atoms with Gasteiger partial charge in [-0.2, -0.15) is 0 Å². The van der Waals surface area contributed by atoms with Crippen LogP contribution in [0.1, 0.15) is 5.56 Å². The van der Waals surface area contributed by atoms with Crippen LogP contribution in [0.4, 0.5) is 15.9 Å². The lowest BCUT2D eigenvalue weighted by molar-refractivity contribution is 0.631. The van der Waals surface area contributed by atoms with Gasteiger partial charge in [-0.05, 0) is 66.1 Å². The number of pyridine rings is 1. The molecule has 0 fully saturated rings. The van der Waals surface area contributed by atoms with Gasteiger partial charge in [0.1, 0.15) is 11.6 Å². The summed E-state index contributed by atoms with van der Waals surface area (Å²) in [4.78, 5) is 16.2. The van der Waals surface area contributed by atoms with Gasteiger partial charge in [-0.15, -0.1) is 0 Å². The average Bonchev–Trinajstić information content (AvgIpc) is 3.26. The Hall–Kier alpha value is -3.83. The number of rotatable bonds is 3. The third-order valence-electron chi connectivity index (χ3n) is 5.97. The van der Waals surface area contributed by atoms with Crippen molar-refractivity contribution in [2.75, 3.05) is 11.4 Å². The fourth-order valence-corrected chi connectivity index (χ4v) is 4.59. The van der Waals surface area contributed by atoms with Crippen molar-refractivity contribution in [1.82, 2.24) is 15.0 Å². The Bertz CT molecular complexity index is 1500. The molecule has 5 aromatic rings. The van der Waals surface area contributed by atoms with Gasteiger partial charge in [0.2, 0.25) is 0 Å². The van der Waals surface area contributed by atoms with E-state index in [1.54, 1.807) is 24.5 Å². The maximum Gasteiger partial charge on any atom is 0.163 e. The number of hydrogen-bond donors (Lipinski definition) is 0. The molecule has 6 rings (SSSR count). The molecule has 33 heavy (non-hydrogen) atoms. The van der Waals surface area contributed by atoms with Crippen molar-refractivity contribution in [3.8, 4) is 22.5 Å². The predicted molar refractivity (Wildman–Crippen MR) is 130 cm³/mol. The van der Waals surface area contributed by atoms with E-state index >= 15 is 0 Å². The van der Waals surface area contributed by atoms with Crippen LogP contribution in [0.5, 0.6) is 0 Å². The minimum Gasteiger partial charge on any atom is -0.325 e. The molecule has 0 unspecified atom stereocenters. The molecule has 0 bridgehead atoms. The van der Waals surface area contributed by atoms with E-state index in [1.807, 2.05) is 54.6 Å². The first-order valence-electron chi connectivity index (χ1n) is 10.7. The number of halogens is 2. The highest BCUT2D eigenvalue weighted by molar-refractivity contribution is 6.30. The third-order valence-corrected chi connectivity index (χ3v) is 6.21. The zero-order valence-corrected chi connectivity index (χ0v) is 18.3. The number of nitrogens with zero attached hydrogens (tertiary/aromatic N) is 4. The van der Waals surface area contributed by atoms with Crippen LogP contribution in [0.2, 0.25) is 5.02 Å². The van der Waals surface area contributed by atoms with E-state index in [0.29, 0.717) is 11.4 Å². The summed E-state index contributed by atoms with van der Waals surface area (Å²) in [7, 11) is 0. The highest BCUT2D eigenvalue weighted by Crippen LogP contribution is 2.39. The minimum atomic E-state index is -0.260. The molecule has 0 aliphatic carbocycles.